The Morgan fingerprint density at radius 2 is 1.50 bits per heavy atom. The lowest BCUT2D eigenvalue weighted by atomic mass is 9.57. The van der Waals surface area contributed by atoms with E-state index in [4.69, 9.17) is 31.5 Å². The summed E-state index contributed by atoms with van der Waals surface area (Å²) in [4.78, 5) is 20.5. The van der Waals surface area contributed by atoms with Crippen LogP contribution in [0.2, 0.25) is 5.15 Å². The molecule has 10 rings (SSSR count). The van der Waals surface area contributed by atoms with E-state index >= 15 is 4.39 Å². The van der Waals surface area contributed by atoms with Crippen molar-refractivity contribution in [3.8, 4) is 22.0 Å². The van der Waals surface area contributed by atoms with Crippen LogP contribution < -0.4 is 5.32 Å². The minimum atomic E-state index is -0.879. The second kappa shape index (κ2) is 13.2. The van der Waals surface area contributed by atoms with Crippen LogP contribution in [0.15, 0.2) is 121 Å². The van der Waals surface area contributed by atoms with Gasteiger partial charge in [-0.15, -0.1) is 11.3 Å². The Labute approximate surface area is 311 Å². The summed E-state index contributed by atoms with van der Waals surface area (Å²) >= 11 is 8.08. The van der Waals surface area contributed by atoms with Gasteiger partial charge in [-0.2, -0.15) is 0 Å². The number of aromatic nitrogens is 5. The highest BCUT2D eigenvalue weighted by molar-refractivity contribution is 7.13. The van der Waals surface area contributed by atoms with E-state index < -0.39 is 11.4 Å². The van der Waals surface area contributed by atoms with Crippen molar-refractivity contribution in [1.82, 2.24) is 24.5 Å². The maximum atomic E-state index is 16.7. The van der Waals surface area contributed by atoms with Gasteiger partial charge in [-0.3, -0.25) is 0 Å². The predicted molar refractivity (Wildman–Crippen MR) is 208 cm³/mol. The molecule has 3 aromatic carbocycles. The van der Waals surface area contributed by atoms with Crippen LogP contribution in [0.25, 0.3) is 33.1 Å². The van der Waals surface area contributed by atoms with E-state index in [1.165, 1.54) is 24.2 Å². The zero-order valence-corrected chi connectivity index (χ0v) is 30.4. The number of halogens is 2. The molecule has 0 radical (unpaired) electrons. The average molecular weight is 725 g/mol. The molecule has 0 saturated heterocycles. The molecule has 0 unspecified atom stereocenters. The first kappa shape index (κ1) is 33.0. The number of thiophene rings is 1. The maximum absolute atomic E-state index is 16.7. The van der Waals surface area contributed by atoms with Crippen molar-refractivity contribution >= 4 is 39.9 Å². The van der Waals surface area contributed by atoms with Crippen LogP contribution in [-0.2, 0) is 5.54 Å². The second-order valence-electron chi connectivity index (χ2n) is 14.3. The summed E-state index contributed by atoms with van der Waals surface area (Å²) in [6.45, 7) is 2.29. The minimum absolute atomic E-state index is 0.147. The molecule has 9 heteroatoms. The van der Waals surface area contributed by atoms with Gasteiger partial charge in [0, 0.05) is 12.2 Å². The molecule has 4 heterocycles. The fourth-order valence-corrected chi connectivity index (χ4v) is 9.76. The fourth-order valence-electron chi connectivity index (χ4n) is 8.92. The first-order valence-corrected chi connectivity index (χ1v) is 19.3. The molecule has 1 N–H and O–H groups in total. The largest absolute Gasteiger partial charge is 0.364 e. The zero-order chi connectivity index (χ0) is 35.3. The highest BCUT2D eigenvalue weighted by atomic mass is 35.5. The number of nitrogens with zero attached hydrogens (tertiary/aromatic N) is 5. The van der Waals surface area contributed by atoms with Crippen LogP contribution in [0.3, 0.4) is 0 Å². The Bertz CT molecular complexity index is 2240. The van der Waals surface area contributed by atoms with Crippen LogP contribution >= 0.6 is 22.9 Å². The number of anilines is 1. The van der Waals surface area contributed by atoms with Gasteiger partial charge in [-0.1, -0.05) is 122 Å². The SMILES string of the molecule is CCC12CCC(CC1)[C@@H](Nc1nc(-c3cn(C(c4ccccc4)(c4ccccc4)c4ccccc4)c4ncc(Cl)nc34)nc(-c3cccs3)c1F)C2. The normalized spacial score (nSPS) is 20.0. The zero-order valence-electron chi connectivity index (χ0n) is 28.8. The standard InChI is InChI=1S/C43H38ClFN6S/c1-2-42-22-20-28(21-23-42)33(25-42)47-40-36(45)38(34-19-12-24-52-34)49-39(50-40)32-27-51(41-37(32)48-35(44)26-46-41)43(29-13-6-3-7-14-29,30-15-8-4-9-16-30)31-17-10-5-11-18-31/h3-19,24,26-28,33H,2,20-23,25H2,1H3,(H,47,49,50)/t28?,33-,42?/m0/s1. The van der Waals surface area contributed by atoms with Crippen LogP contribution in [0, 0.1) is 17.2 Å². The third-order valence-electron chi connectivity index (χ3n) is 11.6. The molecule has 3 saturated carbocycles. The van der Waals surface area contributed by atoms with Gasteiger partial charge in [0.15, 0.2) is 23.1 Å². The Morgan fingerprint density at radius 3 is 2.08 bits per heavy atom. The number of rotatable bonds is 9. The Kier molecular flexibility index (Phi) is 8.39. The molecule has 1 atom stereocenters. The molecule has 260 valence electrons. The molecule has 0 spiro atoms. The molecule has 6 nitrogen and oxygen atoms in total. The molecular weight excluding hydrogens is 687 g/mol. The van der Waals surface area contributed by atoms with E-state index in [2.05, 4.69) is 89.6 Å². The van der Waals surface area contributed by atoms with E-state index in [0.717, 1.165) is 47.3 Å². The number of nitrogens with one attached hydrogen (secondary N) is 1. The first-order valence-electron chi connectivity index (χ1n) is 18.1. The lowest BCUT2D eigenvalue weighted by Gasteiger charge is -2.51. The molecule has 3 aliphatic rings. The number of hydrogen-bond acceptors (Lipinski definition) is 6. The van der Waals surface area contributed by atoms with Crippen molar-refractivity contribution in [2.45, 2.75) is 57.0 Å². The van der Waals surface area contributed by atoms with Crippen molar-refractivity contribution < 1.29 is 4.39 Å². The van der Waals surface area contributed by atoms with Crippen LogP contribution in [0.5, 0.6) is 0 Å². The van der Waals surface area contributed by atoms with Gasteiger partial charge in [-0.05, 0) is 71.6 Å². The van der Waals surface area contributed by atoms with Gasteiger partial charge < -0.3 is 9.88 Å². The smallest absolute Gasteiger partial charge is 0.192 e. The molecule has 52 heavy (non-hydrogen) atoms. The Balaban J connectivity index is 1.30. The highest BCUT2D eigenvalue weighted by Crippen LogP contribution is 2.53. The molecule has 4 aromatic heterocycles. The summed E-state index contributed by atoms with van der Waals surface area (Å²) in [5.41, 5.74) is 4.56. The summed E-state index contributed by atoms with van der Waals surface area (Å²) in [5.74, 6) is 0.653. The number of hydrogen-bond donors (Lipinski definition) is 1. The molecule has 7 aromatic rings. The van der Waals surface area contributed by atoms with Gasteiger partial charge in [0.05, 0.1) is 16.6 Å². The van der Waals surface area contributed by atoms with Gasteiger partial charge in [0.2, 0.25) is 0 Å². The third kappa shape index (κ3) is 5.42. The highest BCUT2D eigenvalue weighted by Gasteiger charge is 2.45. The van der Waals surface area contributed by atoms with E-state index in [0.29, 0.717) is 33.9 Å². The van der Waals surface area contributed by atoms with Crippen LogP contribution in [-0.4, -0.2) is 30.5 Å². The molecule has 2 bridgehead atoms. The maximum Gasteiger partial charge on any atom is 0.192 e. The third-order valence-corrected chi connectivity index (χ3v) is 12.7. The van der Waals surface area contributed by atoms with E-state index in [9.17, 15) is 0 Å². The lowest BCUT2D eigenvalue weighted by Crippen LogP contribution is -2.46. The Morgan fingerprint density at radius 1 is 0.865 bits per heavy atom. The van der Waals surface area contributed by atoms with Crippen molar-refractivity contribution in [1.29, 1.82) is 0 Å². The Hall–Kier alpha value is -4.92. The molecular formula is C43H38ClFN6S. The van der Waals surface area contributed by atoms with Gasteiger partial charge in [0.1, 0.15) is 21.9 Å². The number of fused-ring (bicyclic) bond motifs is 4. The number of benzene rings is 3. The quantitative estimate of drug-likeness (QED) is 0.150. The van der Waals surface area contributed by atoms with Crippen molar-refractivity contribution in [2.75, 3.05) is 5.32 Å². The summed E-state index contributed by atoms with van der Waals surface area (Å²) in [6.07, 6.45) is 10.6. The minimum Gasteiger partial charge on any atom is -0.364 e. The fraction of sp³-hybridized carbons (Fsp3) is 0.256. The van der Waals surface area contributed by atoms with Gasteiger partial charge in [0.25, 0.3) is 0 Å². The van der Waals surface area contributed by atoms with Crippen molar-refractivity contribution in [2.24, 2.45) is 11.3 Å². The summed E-state index contributed by atoms with van der Waals surface area (Å²) in [7, 11) is 0. The molecule has 3 aliphatic carbocycles. The summed E-state index contributed by atoms with van der Waals surface area (Å²) in [5, 5.41) is 5.83. The molecule has 0 aliphatic heterocycles. The average Bonchev–Trinajstić information content (AvgIpc) is 3.87. The second-order valence-corrected chi connectivity index (χ2v) is 15.6. The van der Waals surface area contributed by atoms with E-state index in [1.807, 2.05) is 41.9 Å². The summed E-state index contributed by atoms with van der Waals surface area (Å²) < 4.78 is 18.9. The van der Waals surface area contributed by atoms with Crippen molar-refractivity contribution in [3.05, 3.63) is 149 Å². The van der Waals surface area contributed by atoms with Crippen LogP contribution in [0.1, 0.15) is 62.1 Å². The van der Waals surface area contributed by atoms with Gasteiger partial charge in [-0.25, -0.2) is 24.3 Å². The predicted octanol–water partition coefficient (Wildman–Crippen LogP) is 11.0. The topological polar surface area (TPSA) is 68.5 Å². The summed E-state index contributed by atoms with van der Waals surface area (Å²) in [6, 6.07) is 35.2. The van der Waals surface area contributed by atoms with Gasteiger partial charge >= 0.3 is 0 Å². The van der Waals surface area contributed by atoms with Crippen LogP contribution in [0.4, 0.5) is 10.2 Å². The molecule has 0 amide bonds. The van der Waals surface area contributed by atoms with E-state index in [1.54, 1.807) is 6.20 Å². The monoisotopic (exact) mass is 724 g/mol. The molecule has 3 fully saturated rings. The lowest BCUT2D eigenvalue weighted by molar-refractivity contribution is 0.0495. The van der Waals surface area contributed by atoms with E-state index in [-0.39, 0.29) is 22.7 Å². The van der Waals surface area contributed by atoms with Crippen molar-refractivity contribution in [3.63, 3.8) is 0 Å². The first-order chi connectivity index (χ1) is 25.5.